The minimum atomic E-state index is -0.312. The Morgan fingerprint density at radius 2 is 2.12 bits per heavy atom. The molecule has 2 nitrogen and oxygen atoms in total. The highest BCUT2D eigenvalue weighted by atomic mass is 32.2. The predicted molar refractivity (Wildman–Crippen MR) is 66.0 cm³/mol. The molecule has 0 spiro atoms. The van der Waals surface area contributed by atoms with Gasteiger partial charge in [-0.2, -0.15) is 0 Å². The lowest BCUT2D eigenvalue weighted by molar-refractivity contribution is 0.250. The van der Waals surface area contributed by atoms with Gasteiger partial charge in [-0.25, -0.2) is 4.39 Å². The smallest absolute Gasteiger partial charge is 0.129 e. The first-order valence-corrected chi connectivity index (χ1v) is 6.32. The largest absolute Gasteiger partial charge is 0.396 e. The molecule has 0 aliphatic heterocycles. The van der Waals surface area contributed by atoms with Gasteiger partial charge in [-0.05, 0) is 25.0 Å². The second kappa shape index (κ2) is 6.23. The highest BCUT2D eigenvalue weighted by Crippen LogP contribution is 2.29. The number of rotatable bonds is 5. The van der Waals surface area contributed by atoms with Crippen LogP contribution in [0.3, 0.4) is 0 Å². The zero-order valence-electron chi connectivity index (χ0n) is 9.61. The fourth-order valence-electron chi connectivity index (χ4n) is 1.37. The number of hydrogen-bond donors (Lipinski definition) is 2. The van der Waals surface area contributed by atoms with Crippen LogP contribution < -0.4 is 5.73 Å². The lowest BCUT2D eigenvalue weighted by Gasteiger charge is -2.14. The zero-order valence-corrected chi connectivity index (χ0v) is 10.4. The van der Waals surface area contributed by atoms with Crippen LogP contribution >= 0.6 is 11.8 Å². The summed E-state index contributed by atoms with van der Waals surface area (Å²) in [4.78, 5) is 0.871. The molecule has 90 valence electrons. The normalized spacial score (nSPS) is 14.8. The summed E-state index contributed by atoms with van der Waals surface area (Å²) in [6, 6.07) is 4.68. The van der Waals surface area contributed by atoms with Gasteiger partial charge >= 0.3 is 0 Å². The molecule has 4 heteroatoms. The number of halogens is 1. The molecular formula is C12H18FNOS. The highest BCUT2D eigenvalue weighted by Gasteiger charge is 2.13. The molecular weight excluding hydrogens is 225 g/mol. The van der Waals surface area contributed by atoms with Crippen molar-refractivity contribution in [3.05, 3.63) is 29.6 Å². The third-order valence-electron chi connectivity index (χ3n) is 2.30. The van der Waals surface area contributed by atoms with Crippen LogP contribution in [0.5, 0.6) is 0 Å². The van der Waals surface area contributed by atoms with Gasteiger partial charge < -0.3 is 10.8 Å². The van der Waals surface area contributed by atoms with Gasteiger partial charge in [-0.3, -0.25) is 0 Å². The molecule has 0 bridgehead atoms. The third kappa shape index (κ3) is 3.47. The van der Waals surface area contributed by atoms with Crippen molar-refractivity contribution in [2.24, 2.45) is 11.7 Å². The Hall–Kier alpha value is -0.580. The molecule has 0 aliphatic carbocycles. The summed E-state index contributed by atoms with van der Waals surface area (Å²) in [7, 11) is 0. The van der Waals surface area contributed by atoms with Crippen LogP contribution in [0.2, 0.25) is 0 Å². The van der Waals surface area contributed by atoms with Crippen LogP contribution in [-0.4, -0.2) is 17.5 Å². The molecule has 1 aromatic rings. The summed E-state index contributed by atoms with van der Waals surface area (Å²) in [5.41, 5.74) is 6.32. The molecule has 0 fully saturated rings. The molecule has 0 saturated carbocycles. The number of aliphatic hydroxyl groups excluding tert-OH is 1. The molecule has 0 heterocycles. The van der Waals surface area contributed by atoms with E-state index in [1.165, 1.54) is 6.07 Å². The van der Waals surface area contributed by atoms with Gasteiger partial charge in [-0.15, -0.1) is 11.8 Å². The molecule has 0 saturated heterocycles. The number of thioether (sulfide) groups is 1. The van der Waals surface area contributed by atoms with E-state index in [-0.39, 0.29) is 24.4 Å². The van der Waals surface area contributed by atoms with Crippen molar-refractivity contribution in [1.29, 1.82) is 0 Å². The fraction of sp³-hybridized carbons (Fsp3) is 0.500. The molecule has 2 atom stereocenters. The van der Waals surface area contributed by atoms with E-state index in [1.807, 2.05) is 13.0 Å². The molecule has 1 aromatic carbocycles. The van der Waals surface area contributed by atoms with Crippen LogP contribution in [0.4, 0.5) is 4.39 Å². The molecule has 0 amide bonds. The van der Waals surface area contributed by atoms with Crippen LogP contribution in [-0.2, 0) is 0 Å². The van der Waals surface area contributed by atoms with Crippen molar-refractivity contribution >= 4 is 11.8 Å². The summed E-state index contributed by atoms with van der Waals surface area (Å²) >= 11 is 1.54. The predicted octanol–water partition coefficient (Wildman–Crippen LogP) is 2.57. The van der Waals surface area contributed by atoms with Gasteiger partial charge in [0.25, 0.3) is 0 Å². The van der Waals surface area contributed by atoms with Crippen LogP contribution in [0, 0.1) is 11.7 Å². The van der Waals surface area contributed by atoms with Crippen LogP contribution in [0.25, 0.3) is 0 Å². The van der Waals surface area contributed by atoms with Gasteiger partial charge in [0.05, 0.1) is 0 Å². The quantitative estimate of drug-likeness (QED) is 0.781. The average molecular weight is 243 g/mol. The van der Waals surface area contributed by atoms with E-state index in [0.29, 0.717) is 5.56 Å². The van der Waals surface area contributed by atoms with E-state index in [1.54, 1.807) is 24.8 Å². The molecule has 3 N–H and O–H groups in total. The standard InChI is InChI=1S/C12H18FNOS/c1-8(6-15)7-16-11-5-3-4-10(13)12(11)9(2)14/h3-5,8-9,15H,6-7,14H2,1-2H3/t8?,9-/m0/s1. The third-order valence-corrected chi connectivity index (χ3v) is 3.71. The first kappa shape index (κ1) is 13.5. The molecule has 1 unspecified atom stereocenters. The van der Waals surface area contributed by atoms with E-state index in [2.05, 4.69) is 0 Å². The van der Waals surface area contributed by atoms with Crippen molar-refractivity contribution in [3.63, 3.8) is 0 Å². The summed E-state index contributed by atoms with van der Waals surface area (Å²) < 4.78 is 13.6. The Kier molecular flexibility index (Phi) is 5.25. The van der Waals surface area contributed by atoms with Crippen LogP contribution in [0.15, 0.2) is 23.1 Å². The second-order valence-corrected chi connectivity index (χ2v) is 5.10. The maximum absolute atomic E-state index is 13.6. The van der Waals surface area contributed by atoms with Crippen LogP contribution in [0.1, 0.15) is 25.5 Å². The maximum Gasteiger partial charge on any atom is 0.129 e. The van der Waals surface area contributed by atoms with Crippen molar-refractivity contribution < 1.29 is 9.50 Å². The summed E-state index contributed by atoms with van der Waals surface area (Å²) in [5.74, 6) is 0.713. The van der Waals surface area contributed by atoms with E-state index < -0.39 is 0 Å². The SMILES string of the molecule is CC(CO)CSc1cccc(F)c1[C@H](C)N. The summed E-state index contributed by atoms with van der Waals surface area (Å²) in [6.07, 6.45) is 0. The Morgan fingerprint density at radius 1 is 1.44 bits per heavy atom. The number of aliphatic hydroxyl groups is 1. The van der Waals surface area contributed by atoms with Crippen molar-refractivity contribution in [1.82, 2.24) is 0 Å². The number of nitrogens with two attached hydrogens (primary N) is 1. The second-order valence-electron chi connectivity index (χ2n) is 4.04. The maximum atomic E-state index is 13.6. The number of hydrogen-bond acceptors (Lipinski definition) is 3. The molecule has 0 radical (unpaired) electrons. The average Bonchev–Trinajstić information content (AvgIpc) is 2.25. The van der Waals surface area contributed by atoms with Gasteiger partial charge in [0.15, 0.2) is 0 Å². The van der Waals surface area contributed by atoms with E-state index in [9.17, 15) is 4.39 Å². The van der Waals surface area contributed by atoms with Crippen molar-refractivity contribution in [3.8, 4) is 0 Å². The lowest BCUT2D eigenvalue weighted by atomic mass is 10.1. The Balaban J connectivity index is 2.83. The van der Waals surface area contributed by atoms with Crippen molar-refractivity contribution in [2.45, 2.75) is 24.8 Å². The molecule has 1 rings (SSSR count). The van der Waals surface area contributed by atoms with E-state index in [4.69, 9.17) is 10.8 Å². The topological polar surface area (TPSA) is 46.2 Å². The van der Waals surface area contributed by atoms with E-state index >= 15 is 0 Å². The van der Waals surface area contributed by atoms with Gasteiger partial charge in [0.2, 0.25) is 0 Å². The van der Waals surface area contributed by atoms with E-state index in [0.717, 1.165) is 10.6 Å². The first-order chi connectivity index (χ1) is 7.56. The van der Waals surface area contributed by atoms with Gasteiger partial charge in [-0.1, -0.05) is 13.0 Å². The fourth-order valence-corrected chi connectivity index (χ4v) is 2.55. The van der Waals surface area contributed by atoms with Gasteiger partial charge in [0.1, 0.15) is 5.82 Å². The monoisotopic (exact) mass is 243 g/mol. The lowest BCUT2D eigenvalue weighted by Crippen LogP contribution is -2.10. The Morgan fingerprint density at radius 3 is 2.69 bits per heavy atom. The minimum Gasteiger partial charge on any atom is -0.396 e. The summed E-state index contributed by atoms with van der Waals surface area (Å²) in [6.45, 7) is 3.88. The number of benzene rings is 1. The molecule has 0 aliphatic rings. The Labute approximate surface area is 100 Å². The minimum absolute atomic E-state index is 0.149. The molecule has 16 heavy (non-hydrogen) atoms. The Bertz CT molecular complexity index is 344. The highest BCUT2D eigenvalue weighted by molar-refractivity contribution is 7.99. The zero-order chi connectivity index (χ0) is 12.1. The van der Waals surface area contributed by atoms with Crippen molar-refractivity contribution in [2.75, 3.05) is 12.4 Å². The molecule has 0 aromatic heterocycles. The summed E-state index contributed by atoms with van der Waals surface area (Å²) in [5, 5.41) is 8.93. The van der Waals surface area contributed by atoms with Gasteiger partial charge in [0, 0.05) is 28.9 Å². The first-order valence-electron chi connectivity index (χ1n) is 5.34.